The Morgan fingerprint density at radius 2 is 1.85 bits per heavy atom. The molecule has 0 radical (unpaired) electrons. The second-order valence-corrected chi connectivity index (χ2v) is 4.63. The Morgan fingerprint density at radius 1 is 0.950 bits per heavy atom. The molecular weight excluding hydrogens is 253 g/mol. The highest BCUT2D eigenvalue weighted by Crippen LogP contribution is 2.26. The summed E-state index contributed by atoms with van der Waals surface area (Å²) in [5.41, 5.74) is 2.83. The molecule has 0 amide bonds. The number of aromatic amines is 1. The highest BCUT2D eigenvalue weighted by atomic mass is 19.1. The fourth-order valence-corrected chi connectivity index (χ4v) is 2.36. The number of rotatable bonds is 1. The summed E-state index contributed by atoms with van der Waals surface area (Å²) in [6, 6.07) is 14.6. The number of benzene rings is 2. The zero-order valence-electron chi connectivity index (χ0n) is 10.5. The first-order valence-electron chi connectivity index (χ1n) is 6.31. The predicted octanol–water partition coefficient (Wildman–Crippen LogP) is 3.92. The molecule has 4 rings (SSSR count). The van der Waals surface area contributed by atoms with Crippen LogP contribution in [-0.2, 0) is 0 Å². The van der Waals surface area contributed by atoms with Gasteiger partial charge in [0.05, 0.1) is 22.1 Å². The molecule has 2 aromatic carbocycles. The molecule has 0 bridgehead atoms. The summed E-state index contributed by atoms with van der Waals surface area (Å²) in [4.78, 5) is 11.7. The van der Waals surface area contributed by atoms with Gasteiger partial charge in [0.2, 0.25) is 0 Å². The van der Waals surface area contributed by atoms with E-state index in [2.05, 4.69) is 15.0 Å². The van der Waals surface area contributed by atoms with Crippen molar-refractivity contribution in [1.82, 2.24) is 15.0 Å². The van der Waals surface area contributed by atoms with Gasteiger partial charge in [-0.2, -0.15) is 0 Å². The van der Waals surface area contributed by atoms with Crippen LogP contribution >= 0.6 is 0 Å². The lowest BCUT2D eigenvalue weighted by Gasteiger charge is -2.02. The molecule has 1 N–H and O–H groups in total. The average Bonchev–Trinajstić information content (AvgIpc) is 2.90. The molecule has 0 aliphatic heterocycles. The van der Waals surface area contributed by atoms with Crippen molar-refractivity contribution in [2.45, 2.75) is 0 Å². The molecule has 2 aromatic heterocycles. The van der Waals surface area contributed by atoms with Gasteiger partial charge in [-0.3, -0.25) is 4.98 Å². The quantitative estimate of drug-likeness (QED) is 0.565. The zero-order chi connectivity index (χ0) is 13.5. The average molecular weight is 263 g/mol. The number of nitrogens with one attached hydrogen (secondary N) is 1. The predicted molar refractivity (Wildman–Crippen MR) is 76.8 cm³/mol. The minimum atomic E-state index is -0.324. The van der Waals surface area contributed by atoms with Gasteiger partial charge in [0.25, 0.3) is 0 Å². The number of fused-ring (bicyclic) bond motifs is 2. The van der Waals surface area contributed by atoms with Crippen LogP contribution in [0, 0.1) is 5.82 Å². The Labute approximate surface area is 114 Å². The van der Waals surface area contributed by atoms with Crippen LogP contribution in [-0.4, -0.2) is 15.0 Å². The fourth-order valence-electron chi connectivity index (χ4n) is 2.36. The second-order valence-electron chi connectivity index (χ2n) is 4.63. The Balaban J connectivity index is 1.98. The number of H-pyrrole nitrogens is 1. The Kier molecular flexibility index (Phi) is 2.29. The third kappa shape index (κ3) is 1.66. The maximum Gasteiger partial charge on any atom is 0.141 e. The summed E-state index contributed by atoms with van der Waals surface area (Å²) in [7, 11) is 0. The van der Waals surface area contributed by atoms with Crippen molar-refractivity contribution in [2.75, 3.05) is 0 Å². The number of aromatic nitrogens is 3. The SMILES string of the molecule is Fc1cc2ncccc2cc1-c1nc2ccccc2[nH]1. The molecule has 0 saturated heterocycles. The van der Waals surface area contributed by atoms with Gasteiger partial charge < -0.3 is 4.98 Å². The molecule has 0 saturated carbocycles. The van der Waals surface area contributed by atoms with Crippen LogP contribution in [0.5, 0.6) is 0 Å². The van der Waals surface area contributed by atoms with E-state index >= 15 is 0 Å². The number of para-hydroxylation sites is 2. The van der Waals surface area contributed by atoms with E-state index in [-0.39, 0.29) is 5.82 Å². The van der Waals surface area contributed by atoms with Crippen LogP contribution < -0.4 is 0 Å². The van der Waals surface area contributed by atoms with E-state index in [0.29, 0.717) is 16.9 Å². The summed E-state index contributed by atoms with van der Waals surface area (Å²) in [6.07, 6.45) is 1.66. The van der Waals surface area contributed by atoms with Crippen molar-refractivity contribution in [3.8, 4) is 11.4 Å². The summed E-state index contributed by atoms with van der Waals surface area (Å²) in [5.74, 6) is 0.213. The molecule has 0 aliphatic carbocycles. The third-order valence-electron chi connectivity index (χ3n) is 3.34. The third-order valence-corrected chi connectivity index (χ3v) is 3.34. The lowest BCUT2D eigenvalue weighted by atomic mass is 10.1. The standard InChI is InChI=1S/C16H10FN3/c17-12-9-15-10(4-3-7-18-15)8-11(12)16-19-13-5-1-2-6-14(13)20-16/h1-9H,(H,19,20). The first-order valence-corrected chi connectivity index (χ1v) is 6.31. The van der Waals surface area contributed by atoms with Gasteiger partial charge in [0.1, 0.15) is 11.6 Å². The van der Waals surface area contributed by atoms with Crippen molar-refractivity contribution in [3.63, 3.8) is 0 Å². The van der Waals surface area contributed by atoms with Crippen molar-refractivity contribution >= 4 is 21.9 Å². The Morgan fingerprint density at radius 3 is 2.75 bits per heavy atom. The van der Waals surface area contributed by atoms with Gasteiger partial charge in [0.15, 0.2) is 0 Å². The molecule has 4 aromatic rings. The van der Waals surface area contributed by atoms with Gasteiger partial charge >= 0.3 is 0 Å². The van der Waals surface area contributed by atoms with Gasteiger partial charge in [0, 0.05) is 17.6 Å². The van der Waals surface area contributed by atoms with Crippen LogP contribution in [0.4, 0.5) is 4.39 Å². The number of imidazole rings is 1. The van der Waals surface area contributed by atoms with E-state index in [9.17, 15) is 4.39 Å². The molecule has 0 atom stereocenters. The van der Waals surface area contributed by atoms with Gasteiger partial charge in [-0.25, -0.2) is 9.37 Å². The van der Waals surface area contributed by atoms with Crippen molar-refractivity contribution < 1.29 is 4.39 Å². The van der Waals surface area contributed by atoms with E-state index in [4.69, 9.17) is 0 Å². The first kappa shape index (κ1) is 11.1. The van der Waals surface area contributed by atoms with Crippen LogP contribution in [0.2, 0.25) is 0 Å². The highest BCUT2D eigenvalue weighted by Gasteiger charge is 2.11. The topological polar surface area (TPSA) is 41.6 Å². The van der Waals surface area contributed by atoms with E-state index in [1.54, 1.807) is 12.3 Å². The highest BCUT2D eigenvalue weighted by molar-refractivity contribution is 5.85. The second kappa shape index (κ2) is 4.13. The monoisotopic (exact) mass is 263 g/mol. The maximum absolute atomic E-state index is 14.2. The largest absolute Gasteiger partial charge is 0.338 e. The van der Waals surface area contributed by atoms with E-state index in [1.807, 2.05) is 36.4 Å². The number of halogens is 1. The molecule has 3 nitrogen and oxygen atoms in total. The lowest BCUT2D eigenvalue weighted by molar-refractivity contribution is 0.632. The Hall–Kier alpha value is -2.75. The summed E-state index contributed by atoms with van der Waals surface area (Å²) in [5, 5.41) is 0.893. The van der Waals surface area contributed by atoms with Crippen LogP contribution in [0.25, 0.3) is 33.3 Å². The van der Waals surface area contributed by atoms with Crippen LogP contribution in [0.15, 0.2) is 54.7 Å². The molecular formula is C16H10FN3. The number of hydrogen-bond acceptors (Lipinski definition) is 2. The molecule has 0 unspecified atom stereocenters. The van der Waals surface area contributed by atoms with Gasteiger partial charge in [-0.05, 0) is 24.3 Å². The van der Waals surface area contributed by atoms with Crippen LogP contribution in [0.3, 0.4) is 0 Å². The number of nitrogens with zero attached hydrogens (tertiary/aromatic N) is 2. The minimum absolute atomic E-state index is 0.324. The molecule has 4 heteroatoms. The molecule has 20 heavy (non-hydrogen) atoms. The summed E-state index contributed by atoms with van der Waals surface area (Å²) < 4.78 is 14.2. The lowest BCUT2D eigenvalue weighted by Crippen LogP contribution is -1.88. The van der Waals surface area contributed by atoms with Crippen molar-refractivity contribution in [1.29, 1.82) is 0 Å². The van der Waals surface area contributed by atoms with E-state index in [0.717, 1.165) is 16.4 Å². The van der Waals surface area contributed by atoms with E-state index < -0.39 is 0 Å². The zero-order valence-corrected chi connectivity index (χ0v) is 10.5. The van der Waals surface area contributed by atoms with Crippen LogP contribution in [0.1, 0.15) is 0 Å². The van der Waals surface area contributed by atoms with E-state index in [1.165, 1.54) is 6.07 Å². The number of hydrogen-bond donors (Lipinski definition) is 1. The molecule has 96 valence electrons. The maximum atomic E-state index is 14.2. The summed E-state index contributed by atoms with van der Waals surface area (Å²) >= 11 is 0. The minimum Gasteiger partial charge on any atom is -0.338 e. The molecule has 0 fully saturated rings. The van der Waals surface area contributed by atoms with Gasteiger partial charge in [-0.15, -0.1) is 0 Å². The van der Waals surface area contributed by atoms with Crippen molar-refractivity contribution in [2.24, 2.45) is 0 Å². The normalized spacial score (nSPS) is 11.2. The fraction of sp³-hybridized carbons (Fsp3) is 0. The Bertz CT molecular complexity index is 894. The van der Waals surface area contributed by atoms with Gasteiger partial charge in [-0.1, -0.05) is 18.2 Å². The molecule has 0 spiro atoms. The molecule has 2 heterocycles. The summed E-state index contributed by atoms with van der Waals surface area (Å²) in [6.45, 7) is 0. The smallest absolute Gasteiger partial charge is 0.141 e. The molecule has 0 aliphatic rings. The first-order chi connectivity index (χ1) is 9.81. The van der Waals surface area contributed by atoms with Crippen molar-refractivity contribution in [3.05, 3.63) is 60.5 Å². The number of pyridine rings is 1.